The highest BCUT2D eigenvalue weighted by Crippen LogP contribution is 2.23. The van der Waals surface area contributed by atoms with E-state index in [0.29, 0.717) is 0 Å². The number of ether oxygens (including phenoxy) is 1. The molecule has 0 aromatic heterocycles. The molecule has 4 nitrogen and oxygen atoms in total. The van der Waals surface area contributed by atoms with Crippen LogP contribution in [0.1, 0.15) is 32.3 Å². The van der Waals surface area contributed by atoms with Gasteiger partial charge in [-0.2, -0.15) is 0 Å². The van der Waals surface area contributed by atoms with Gasteiger partial charge in [0.2, 0.25) is 5.91 Å². The summed E-state index contributed by atoms with van der Waals surface area (Å²) < 4.78 is 5.68. The fourth-order valence-electron chi connectivity index (χ4n) is 2.25. The van der Waals surface area contributed by atoms with Gasteiger partial charge in [-0.1, -0.05) is 0 Å². The maximum atomic E-state index is 12.0. The minimum Gasteiger partial charge on any atom is -0.491 e. The van der Waals surface area contributed by atoms with E-state index in [1.807, 2.05) is 39.0 Å². The van der Waals surface area contributed by atoms with E-state index in [-0.39, 0.29) is 30.5 Å². The van der Waals surface area contributed by atoms with Crippen LogP contribution < -0.4 is 15.4 Å². The van der Waals surface area contributed by atoms with Crippen LogP contribution in [0.4, 0.5) is 5.69 Å². The SMILES string of the molecule is Cc1cc(NC(=O)C2CCCN2)ccc1OC(C)C.Cl. The van der Waals surface area contributed by atoms with Gasteiger partial charge in [0.25, 0.3) is 0 Å². The molecule has 0 bridgehead atoms. The number of amides is 1. The minimum atomic E-state index is -0.0492. The molecule has 1 fully saturated rings. The summed E-state index contributed by atoms with van der Waals surface area (Å²) in [6, 6.07) is 5.70. The molecule has 5 heteroatoms. The van der Waals surface area contributed by atoms with Gasteiger partial charge in [0.15, 0.2) is 0 Å². The van der Waals surface area contributed by atoms with Gasteiger partial charge in [0.05, 0.1) is 12.1 Å². The number of aryl methyl sites for hydroxylation is 1. The van der Waals surface area contributed by atoms with Crippen molar-refractivity contribution in [1.29, 1.82) is 0 Å². The van der Waals surface area contributed by atoms with E-state index in [1.165, 1.54) is 0 Å². The smallest absolute Gasteiger partial charge is 0.241 e. The van der Waals surface area contributed by atoms with Crippen LogP contribution in [-0.2, 0) is 4.79 Å². The molecule has 0 spiro atoms. The zero-order valence-corrected chi connectivity index (χ0v) is 13.0. The van der Waals surface area contributed by atoms with Crippen molar-refractivity contribution in [1.82, 2.24) is 5.32 Å². The van der Waals surface area contributed by atoms with Crippen LogP contribution in [0.3, 0.4) is 0 Å². The maximum absolute atomic E-state index is 12.0. The van der Waals surface area contributed by atoms with Gasteiger partial charge in [-0.25, -0.2) is 0 Å². The molecule has 1 aromatic carbocycles. The molecule has 1 aliphatic rings. The van der Waals surface area contributed by atoms with Crippen molar-refractivity contribution < 1.29 is 9.53 Å². The number of benzene rings is 1. The first kappa shape index (κ1) is 16.8. The Bertz CT molecular complexity index is 457. The Hall–Kier alpha value is -1.26. The molecule has 1 unspecified atom stereocenters. The van der Waals surface area contributed by atoms with Crippen molar-refractivity contribution in [3.8, 4) is 5.75 Å². The quantitative estimate of drug-likeness (QED) is 0.898. The summed E-state index contributed by atoms with van der Waals surface area (Å²) in [6.07, 6.45) is 2.14. The second-order valence-electron chi connectivity index (χ2n) is 5.29. The van der Waals surface area contributed by atoms with E-state index in [2.05, 4.69) is 10.6 Å². The average Bonchev–Trinajstić information content (AvgIpc) is 2.86. The summed E-state index contributed by atoms with van der Waals surface area (Å²) in [7, 11) is 0. The lowest BCUT2D eigenvalue weighted by molar-refractivity contribution is -0.117. The largest absolute Gasteiger partial charge is 0.491 e. The Balaban J connectivity index is 0.00000200. The molecule has 0 saturated carbocycles. The summed E-state index contributed by atoms with van der Waals surface area (Å²) in [4.78, 5) is 12.0. The normalized spacial score (nSPS) is 17.7. The van der Waals surface area contributed by atoms with Gasteiger partial charge in [-0.3, -0.25) is 4.79 Å². The second kappa shape index (κ2) is 7.50. The fraction of sp³-hybridized carbons (Fsp3) is 0.533. The molecule has 1 amide bonds. The van der Waals surface area contributed by atoms with Gasteiger partial charge < -0.3 is 15.4 Å². The molecule has 0 radical (unpaired) electrons. The highest BCUT2D eigenvalue weighted by molar-refractivity contribution is 5.95. The van der Waals surface area contributed by atoms with Crippen LogP contribution in [0.2, 0.25) is 0 Å². The van der Waals surface area contributed by atoms with Crippen molar-refractivity contribution in [2.45, 2.75) is 45.8 Å². The van der Waals surface area contributed by atoms with E-state index in [4.69, 9.17) is 4.74 Å². The predicted molar refractivity (Wildman–Crippen MR) is 83.8 cm³/mol. The topological polar surface area (TPSA) is 50.4 Å². The molecule has 1 aromatic rings. The van der Waals surface area contributed by atoms with Gasteiger partial charge in [-0.05, 0) is 63.9 Å². The minimum absolute atomic E-state index is 0. The third-order valence-electron chi connectivity index (χ3n) is 3.18. The Kier molecular flexibility index (Phi) is 6.30. The summed E-state index contributed by atoms with van der Waals surface area (Å²) in [5.74, 6) is 0.918. The molecule has 1 heterocycles. The van der Waals surface area contributed by atoms with Crippen molar-refractivity contribution in [2.75, 3.05) is 11.9 Å². The number of carbonyl (C=O) groups is 1. The van der Waals surface area contributed by atoms with Crippen LogP contribution in [0.15, 0.2) is 18.2 Å². The summed E-state index contributed by atoms with van der Waals surface area (Å²) in [5.41, 5.74) is 1.86. The van der Waals surface area contributed by atoms with Gasteiger partial charge in [0.1, 0.15) is 5.75 Å². The van der Waals surface area contributed by atoms with Gasteiger partial charge in [-0.15, -0.1) is 12.4 Å². The number of halogens is 1. The first-order valence-electron chi connectivity index (χ1n) is 6.88. The Morgan fingerprint density at radius 3 is 2.75 bits per heavy atom. The van der Waals surface area contributed by atoms with E-state index in [0.717, 1.165) is 36.4 Å². The van der Waals surface area contributed by atoms with Crippen molar-refractivity contribution in [2.24, 2.45) is 0 Å². The van der Waals surface area contributed by atoms with E-state index < -0.39 is 0 Å². The Labute approximate surface area is 126 Å². The molecule has 2 N–H and O–H groups in total. The predicted octanol–water partition coefficient (Wildman–Crippen LogP) is 2.89. The molecule has 1 saturated heterocycles. The maximum Gasteiger partial charge on any atom is 0.241 e. The highest BCUT2D eigenvalue weighted by Gasteiger charge is 2.21. The molecule has 2 rings (SSSR count). The average molecular weight is 299 g/mol. The number of nitrogens with one attached hydrogen (secondary N) is 2. The molecule has 112 valence electrons. The van der Waals surface area contributed by atoms with Crippen LogP contribution >= 0.6 is 12.4 Å². The third kappa shape index (κ3) is 4.39. The monoisotopic (exact) mass is 298 g/mol. The van der Waals surface area contributed by atoms with Crippen LogP contribution in [0, 0.1) is 6.92 Å². The van der Waals surface area contributed by atoms with Gasteiger partial charge in [0, 0.05) is 5.69 Å². The highest BCUT2D eigenvalue weighted by atomic mass is 35.5. The van der Waals surface area contributed by atoms with Crippen molar-refractivity contribution >= 4 is 24.0 Å². The number of hydrogen-bond donors (Lipinski definition) is 2. The van der Waals surface area contributed by atoms with Crippen LogP contribution in [-0.4, -0.2) is 24.6 Å². The second-order valence-corrected chi connectivity index (χ2v) is 5.29. The zero-order chi connectivity index (χ0) is 13.8. The number of carbonyl (C=O) groups excluding carboxylic acids is 1. The number of hydrogen-bond acceptors (Lipinski definition) is 3. The first-order chi connectivity index (χ1) is 9.06. The van der Waals surface area contributed by atoms with E-state index >= 15 is 0 Å². The lowest BCUT2D eigenvalue weighted by Crippen LogP contribution is -2.35. The molecule has 0 aliphatic carbocycles. The van der Waals surface area contributed by atoms with E-state index in [1.54, 1.807) is 0 Å². The van der Waals surface area contributed by atoms with Crippen LogP contribution in [0.5, 0.6) is 5.75 Å². The molecule has 1 aliphatic heterocycles. The lowest BCUT2D eigenvalue weighted by atomic mass is 10.1. The first-order valence-corrected chi connectivity index (χ1v) is 6.88. The molecular weight excluding hydrogens is 276 g/mol. The summed E-state index contributed by atoms with van der Waals surface area (Å²) in [6.45, 7) is 6.92. The Morgan fingerprint density at radius 2 is 2.20 bits per heavy atom. The number of anilines is 1. The third-order valence-corrected chi connectivity index (χ3v) is 3.18. The van der Waals surface area contributed by atoms with Crippen LogP contribution in [0.25, 0.3) is 0 Å². The lowest BCUT2D eigenvalue weighted by Gasteiger charge is -2.15. The summed E-state index contributed by atoms with van der Waals surface area (Å²) >= 11 is 0. The summed E-state index contributed by atoms with van der Waals surface area (Å²) in [5, 5.41) is 6.14. The standard InChI is InChI=1S/C15H22N2O2.ClH/c1-10(2)19-14-7-6-12(9-11(14)3)17-15(18)13-5-4-8-16-13;/h6-7,9-10,13,16H,4-5,8H2,1-3H3,(H,17,18);1H. The van der Waals surface area contributed by atoms with Crippen molar-refractivity contribution in [3.05, 3.63) is 23.8 Å². The van der Waals surface area contributed by atoms with Gasteiger partial charge >= 0.3 is 0 Å². The molecular formula is C15H23ClN2O2. The molecule has 20 heavy (non-hydrogen) atoms. The molecule has 1 atom stereocenters. The number of rotatable bonds is 4. The zero-order valence-electron chi connectivity index (χ0n) is 12.2. The van der Waals surface area contributed by atoms with Crippen molar-refractivity contribution in [3.63, 3.8) is 0 Å². The fourth-order valence-corrected chi connectivity index (χ4v) is 2.25. The van der Waals surface area contributed by atoms with E-state index in [9.17, 15) is 4.79 Å². The Morgan fingerprint density at radius 1 is 1.45 bits per heavy atom.